The van der Waals surface area contributed by atoms with E-state index in [9.17, 15) is 0 Å². The fraction of sp³-hybridized carbons (Fsp3) is 0.143. The second-order valence-electron chi connectivity index (χ2n) is 2.59. The van der Waals surface area contributed by atoms with Crippen LogP contribution in [0.25, 0.3) is 11.0 Å². The number of aryl methyl sites for hydroxylation is 1. The Morgan fingerprint density at radius 3 is 2.23 bits per heavy atom. The van der Waals surface area contributed by atoms with E-state index in [1.807, 2.05) is 6.92 Å². The maximum atomic E-state index is 4.06. The number of rotatable bonds is 0. The van der Waals surface area contributed by atoms with Crippen molar-refractivity contribution < 1.29 is 0 Å². The first-order valence-corrected chi connectivity index (χ1v) is 5.84. The van der Waals surface area contributed by atoms with Crippen molar-refractivity contribution in [2.24, 2.45) is 0 Å². The Morgan fingerprint density at radius 1 is 0.923 bits per heavy atom. The first kappa shape index (κ1) is 9.61. The van der Waals surface area contributed by atoms with Gasteiger partial charge in [0.2, 0.25) is 0 Å². The van der Waals surface area contributed by atoms with Crippen molar-refractivity contribution in [3.05, 3.63) is 19.0 Å². The van der Waals surface area contributed by atoms with Crippen LogP contribution in [-0.4, -0.2) is 15.4 Å². The van der Waals surface area contributed by atoms with Gasteiger partial charge in [0.05, 0.1) is 4.47 Å². The number of hydrogen-bond donors (Lipinski definition) is 1. The Balaban J connectivity index is 3.02. The monoisotopic (exact) mass is 367 g/mol. The summed E-state index contributed by atoms with van der Waals surface area (Å²) in [5.74, 6) is 0. The molecule has 13 heavy (non-hydrogen) atoms. The van der Waals surface area contributed by atoms with Gasteiger partial charge in [-0.2, -0.15) is 15.4 Å². The van der Waals surface area contributed by atoms with E-state index in [2.05, 4.69) is 63.2 Å². The molecule has 0 aliphatic rings. The molecule has 0 bridgehead atoms. The lowest BCUT2D eigenvalue weighted by molar-refractivity contribution is 0.958. The van der Waals surface area contributed by atoms with E-state index in [-0.39, 0.29) is 0 Å². The summed E-state index contributed by atoms with van der Waals surface area (Å²) in [7, 11) is 0. The van der Waals surface area contributed by atoms with Crippen molar-refractivity contribution >= 4 is 58.8 Å². The standard InChI is InChI=1S/C7H4Br3N3/c1-2-3(8)4(9)5(10)7-6(2)11-13-12-7/h1H3,(H,11,12,13). The smallest absolute Gasteiger partial charge is 0.128 e. The number of H-pyrrole nitrogens is 1. The van der Waals surface area contributed by atoms with Gasteiger partial charge in [0, 0.05) is 8.95 Å². The van der Waals surface area contributed by atoms with Gasteiger partial charge in [-0.05, 0) is 60.3 Å². The van der Waals surface area contributed by atoms with E-state index < -0.39 is 0 Å². The Bertz CT molecular complexity index is 435. The van der Waals surface area contributed by atoms with Crippen LogP contribution in [0, 0.1) is 6.92 Å². The summed E-state index contributed by atoms with van der Waals surface area (Å²) < 4.78 is 2.88. The molecular weight excluding hydrogens is 366 g/mol. The highest BCUT2D eigenvalue weighted by molar-refractivity contribution is 9.14. The number of halogens is 3. The van der Waals surface area contributed by atoms with Gasteiger partial charge in [-0.1, -0.05) is 0 Å². The molecule has 0 aliphatic carbocycles. The molecule has 0 saturated heterocycles. The zero-order valence-corrected chi connectivity index (χ0v) is 11.3. The van der Waals surface area contributed by atoms with Gasteiger partial charge in [0.1, 0.15) is 11.0 Å². The molecule has 1 aromatic carbocycles. The van der Waals surface area contributed by atoms with Crippen LogP contribution >= 0.6 is 47.8 Å². The summed E-state index contributed by atoms with van der Waals surface area (Å²) in [4.78, 5) is 0. The van der Waals surface area contributed by atoms with Crippen LogP contribution < -0.4 is 0 Å². The molecule has 6 heteroatoms. The van der Waals surface area contributed by atoms with Gasteiger partial charge < -0.3 is 0 Å². The molecule has 2 aromatic rings. The van der Waals surface area contributed by atoms with E-state index >= 15 is 0 Å². The molecule has 0 amide bonds. The number of aromatic amines is 1. The molecule has 68 valence electrons. The van der Waals surface area contributed by atoms with E-state index in [0.717, 1.165) is 30.0 Å². The molecule has 0 saturated carbocycles. The summed E-state index contributed by atoms with van der Waals surface area (Å²) in [6, 6.07) is 0. The predicted octanol–water partition coefficient (Wildman–Crippen LogP) is 3.55. The zero-order valence-electron chi connectivity index (χ0n) is 6.53. The Kier molecular flexibility index (Phi) is 2.46. The quantitative estimate of drug-likeness (QED) is 0.721. The molecule has 0 aliphatic heterocycles. The fourth-order valence-corrected chi connectivity index (χ4v) is 2.73. The first-order valence-electron chi connectivity index (χ1n) is 3.46. The normalized spacial score (nSPS) is 11.1. The topological polar surface area (TPSA) is 41.6 Å². The van der Waals surface area contributed by atoms with Crippen LogP contribution in [0.3, 0.4) is 0 Å². The molecule has 1 N–H and O–H groups in total. The third kappa shape index (κ3) is 1.35. The lowest BCUT2D eigenvalue weighted by Gasteiger charge is -2.03. The molecule has 0 radical (unpaired) electrons. The first-order chi connectivity index (χ1) is 6.13. The van der Waals surface area contributed by atoms with Crippen molar-refractivity contribution in [1.29, 1.82) is 0 Å². The van der Waals surface area contributed by atoms with Gasteiger partial charge >= 0.3 is 0 Å². The zero-order chi connectivity index (χ0) is 9.59. The number of aromatic nitrogens is 3. The predicted molar refractivity (Wildman–Crippen MR) is 61.7 cm³/mol. The van der Waals surface area contributed by atoms with Crippen LogP contribution in [0.1, 0.15) is 5.56 Å². The highest BCUT2D eigenvalue weighted by Crippen LogP contribution is 2.38. The van der Waals surface area contributed by atoms with Gasteiger partial charge in [0.25, 0.3) is 0 Å². The van der Waals surface area contributed by atoms with Crippen LogP contribution in [-0.2, 0) is 0 Å². The number of nitrogens with zero attached hydrogens (tertiary/aromatic N) is 2. The van der Waals surface area contributed by atoms with Gasteiger partial charge in [-0.3, -0.25) is 0 Å². The maximum Gasteiger partial charge on any atom is 0.128 e. The molecule has 0 spiro atoms. The van der Waals surface area contributed by atoms with Crippen molar-refractivity contribution in [3.63, 3.8) is 0 Å². The summed E-state index contributed by atoms with van der Waals surface area (Å²) in [5, 5.41) is 10.7. The molecule has 0 fully saturated rings. The van der Waals surface area contributed by atoms with Gasteiger partial charge in [-0.25, -0.2) is 0 Å². The molecule has 2 rings (SSSR count). The van der Waals surface area contributed by atoms with Crippen LogP contribution in [0.2, 0.25) is 0 Å². The van der Waals surface area contributed by atoms with Crippen molar-refractivity contribution in [2.75, 3.05) is 0 Å². The number of benzene rings is 1. The Hall–Kier alpha value is 0.0600. The number of nitrogens with one attached hydrogen (secondary N) is 1. The highest BCUT2D eigenvalue weighted by atomic mass is 79.9. The minimum atomic E-state index is 0.840. The SMILES string of the molecule is Cc1c(Br)c(Br)c(Br)c2n[nH]nc12. The summed E-state index contributed by atoms with van der Waals surface area (Å²) in [6.07, 6.45) is 0. The van der Waals surface area contributed by atoms with E-state index in [1.54, 1.807) is 0 Å². The summed E-state index contributed by atoms with van der Waals surface area (Å²) in [6.45, 7) is 1.99. The summed E-state index contributed by atoms with van der Waals surface area (Å²) >= 11 is 10.4. The minimum absolute atomic E-state index is 0.840. The van der Waals surface area contributed by atoms with Crippen LogP contribution in [0.4, 0.5) is 0 Å². The van der Waals surface area contributed by atoms with Crippen LogP contribution in [0.15, 0.2) is 13.4 Å². The van der Waals surface area contributed by atoms with E-state index in [1.165, 1.54) is 0 Å². The average molecular weight is 370 g/mol. The molecule has 3 nitrogen and oxygen atoms in total. The van der Waals surface area contributed by atoms with Crippen molar-refractivity contribution in [3.8, 4) is 0 Å². The van der Waals surface area contributed by atoms with Gasteiger partial charge in [0.15, 0.2) is 0 Å². The number of hydrogen-bond acceptors (Lipinski definition) is 2. The van der Waals surface area contributed by atoms with Crippen molar-refractivity contribution in [1.82, 2.24) is 15.4 Å². The second-order valence-corrected chi connectivity index (χ2v) is 4.97. The lowest BCUT2D eigenvalue weighted by atomic mass is 10.2. The average Bonchev–Trinajstić information content (AvgIpc) is 2.59. The lowest BCUT2D eigenvalue weighted by Crippen LogP contribution is -1.84. The fourth-order valence-electron chi connectivity index (χ4n) is 1.11. The molecule has 0 unspecified atom stereocenters. The maximum absolute atomic E-state index is 4.06. The minimum Gasteiger partial charge on any atom is -0.197 e. The molecular formula is C7H4Br3N3. The van der Waals surface area contributed by atoms with Gasteiger partial charge in [-0.15, -0.1) is 0 Å². The number of fused-ring (bicyclic) bond motifs is 1. The second kappa shape index (κ2) is 3.33. The third-order valence-electron chi connectivity index (χ3n) is 1.83. The van der Waals surface area contributed by atoms with E-state index in [0.29, 0.717) is 0 Å². The molecule has 0 atom stereocenters. The van der Waals surface area contributed by atoms with E-state index in [4.69, 9.17) is 0 Å². The Morgan fingerprint density at radius 2 is 1.54 bits per heavy atom. The van der Waals surface area contributed by atoms with Crippen molar-refractivity contribution in [2.45, 2.75) is 6.92 Å². The Labute approximate surface area is 99.7 Å². The highest BCUT2D eigenvalue weighted by Gasteiger charge is 2.14. The van der Waals surface area contributed by atoms with Crippen LogP contribution in [0.5, 0.6) is 0 Å². The summed E-state index contributed by atoms with van der Waals surface area (Å²) in [5.41, 5.74) is 2.79. The molecule has 1 heterocycles. The third-order valence-corrected chi connectivity index (χ3v) is 5.45. The molecule has 1 aromatic heterocycles. The largest absolute Gasteiger partial charge is 0.197 e.